The Morgan fingerprint density at radius 1 is 0.800 bits per heavy atom. The quantitative estimate of drug-likeness (QED) is 0.316. The Balaban J connectivity index is 1.62. The van der Waals surface area contributed by atoms with Crippen molar-refractivity contribution >= 4 is 33.7 Å². The van der Waals surface area contributed by atoms with Gasteiger partial charge in [0.15, 0.2) is 0 Å². The second-order valence-corrected chi connectivity index (χ2v) is 9.13. The van der Waals surface area contributed by atoms with Gasteiger partial charge in [-0.2, -0.15) is 0 Å². The minimum absolute atomic E-state index is 0.303. The molecule has 0 radical (unpaired) electrons. The van der Waals surface area contributed by atoms with Crippen molar-refractivity contribution in [3.05, 3.63) is 71.0 Å². The van der Waals surface area contributed by atoms with E-state index < -0.39 is 0 Å². The van der Waals surface area contributed by atoms with Gasteiger partial charge < -0.3 is 24.3 Å². The highest BCUT2D eigenvalue weighted by atomic mass is 16.5. The number of nitrogens with zero attached hydrogens (tertiary/aromatic N) is 1. The summed E-state index contributed by atoms with van der Waals surface area (Å²) >= 11 is 0. The van der Waals surface area contributed by atoms with Crippen LogP contribution in [0.5, 0.6) is 0 Å². The van der Waals surface area contributed by atoms with Crippen LogP contribution in [0.1, 0.15) is 45.7 Å². The number of H-pyrrole nitrogens is 2. The van der Waals surface area contributed by atoms with Crippen molar-refractivity contribution < 1.29 is 19.1 Å². The summed E-state index contributed by atoms with van der Waals surface area (Å²) in [5.41, 5.74) is 5.47. The molecule has 35 heavy (non-hydrogen) atoms. The van der Waals surface area contributed by atoms with Crippen LogP contribution in [0.25, 0.3) is 21.8 Å². The molecule has 0 atom stereocenters. The van der Waals surface area contributed by atoms with Crippen LogP contribution < -0.4 is 0 Å². The first-order chi connectivity index (χ1) is 16.9. The molecule has 0 amide bonds. The first-order valence-electron chi connectivity index (χ1n) is 12.1. The van der Waals surface area contributed by atoms with E-state index in [1.807, 2.05) is 50.5 Å². The van der Waals surface area contributed by atoms with Gasteiger partial charge in [0.25, 0.3) is 0 Å². The van der Waals surface area contributed by atoms with Gasteiger partial charge in [-0.05, 0) is 94.2 Å². The summed E-state index contributed by atoms with van der Waals surface area (Å²) in [6, 6.07) is 11.3. The van der Waals surface area contributed by atoms with Crippen molar-refractivity contribution in [3.63, 3.8) is 0 Å². The minimum Gasteiger partial charge on any atom is -0.462 e. The summed E-state index contributed by atoms with van der Waals surface area (Å²) in [7, 11) is 4.16. The highest BCUT2D eigenvalue weighted by Crippen LogP contribution is 2.27. The second kappa shape index (κ2) is 10.8. The highest BCUT2D eigenvalue weighted by molar-refractivity contribution is 5.96. The lowest BCUT2D eigenvalue weighted by molar-refractivity contribution is 0.0517. The molecule has 0 aliphatic rings. The van der Waals surface area contributed by atoms with E-state index in [-0.39, 0.29) is 11.9 Å². The number of carbonyl (C=O) groups excluding carboxylic acids is 2. The third-order valence-corrected chi connectivity index (χ3v) is 6.20. The van der Waals surface area contributed by atoms with Gasteiger partial charge in [0, 0.05) is 40.7 Å². The van der Waals surface area contributed by atoms with Gasteiger partial charge in [-0.1, -0.05) is 0 Å². The zero-order valence-electron chi connectivity index (χ0n) is 20.8. The van der Waals surface area contributed by atoms with Crippen molar-refractivity contribution in [1.29, 1.82) is 0 Å². The summed E-state index contributed by atoms with van der Waals surface area (Å²) in [5.74, 6) is -0.286. The minimum atomic E-state index is -0.303. The summed E-state index contributed by atoms with van der Waals surface area (Å²) in [4.78, 5) is 33.4. The summed E-state index contributed by atoms with van der Waals surface area (Å²) in [5, 5.41) is 2.09. The van der Waals surface area contributed by atoms with Gasteiger partial charge in [0.1, 0.15) is 0 Å². The lowest BCUT2D eigenvalue weighted by Gasteiger charge is -2.21. The molecule has 7 heteroatoms. The zero-order chi connectivity index (χ0) is 24.9. The third kappa shape index (κ3) is 5.57. The van der Waals surface area contributed by atoms with Gasteiger partial charge >= 0.3 is 11.9 Å². The van der Waals surface area contributed by atoms with E-state index in [4.69, 9.17) is 9.47 Å². The Morgan fingerprint density at radius 2 is 1.26 bits per heavy atom. The molecule has 4 aromatic rings. The van der Waals surface area contributed by atoms with Crippen molar-refractivity contribution in [2.45, 2.75) is 26.7 Å². The van der Waals surface area contributed by atoms with E-state index in [2.05, 4.69) is 29.0 Å². The molecule has 4 rings (SSSR count). The predicted molar refractivity (Wildman–Crippen MR) is 138 cm³/mol. The van der Waals surface area contributed by atoms with E-state index in [0.717, 1.165) is 41.2 Å². The molecule has 0 spiro atoms. The number of benzene rings is 2. The molecule has 2 heterocycles. The number of carbonyl (C=O) groups is 2. The maximum atomic E-state index is 12.3. The fourth-order valence-corrected chi connectivity index (χ4v) is 4.72. The maximum absolute atomic E-state index is 12.3. The average Bonchev–Trinajstić information content (AvgIpc) is 3.42. The Bertz CT molecular complexity index is 1240. The molecule has 0 saturated carbocycles. The number of nitrogens with one attached hydrogen (secondary N) is 2. The van der Waals surface area contributed by atoms with Crippen LogP contribution in [-0.4, -0.2) is 60.7 Å². The second-order valence-electron chi connectivity index (χ2n) is 9.13. The predicted octanol–water partition coefficient (Wildman–Crippen LogP) is 4.97. The maximum Gasteiger partial charge on any atom is 0.338 e. The zero-order valence-corrected chi connectivity index (χ0v) is 20.8. The number of ether oxygens (including phenoxy) is 2. The molecule has 2 aromatic heterocycles. The molecule has 0 aliphatic heterocycles. The monoisotopic (exact) mass is 475 g/mol. The SMILES string of the molecule is CCOC(=O)c1ccc2[nH]cc(CC(Cc3c[nH]c4ccc(C(=O)OCC)cc34)CN(C)C)c2c1. The van der Waals surface area contributed by atoms with Gasteiger partial charge in [-0.25, -0.2) is 9.59 Å². The van der Waals surface area contributed by atoms with Crippen LogP contribution in [0, 0.1) is 5.92 Å². The Kier molecular flexibility index (Phi) is 7.56. The lowest BCUT2D eigenvalue weighted by Crippen LogP contribution is -2.25. The molecule has 0 fully saturated rings. The van der Waals surface area contributed by atoms with Crippen LogP contribution in [0.2, 0.25) is 0 Å². The van der Waals surface area contributed by atoms with E-state index in [0.29, 0.717) is 30.3 Å². The van der Waals surface area contributed by atoms with E-state index in [9.17, 15) is 9.59 Å². The summed E-state index contributed by atoms with van der Waals surface area (Å²) < 4.78 is 10.4. The summed E-state index contributed by atoms with van der Waals surface area (Å²) in [6.07, 6.45) is 5.76. The fourth-order valence-electron chi connectivity index (χ4n) is 4.72. The smallest absolute Gasteiger partial charge is 0.338 e. The Morgan fingerprint density at radius 3 is 1.66 bits per heavy atom. The number of rotatable bonds is 10. The number of hydrogen-bond acceptors (Lipinski definition) is 5. The van der Waals surface area contributed by atoms with E-state index in [1.54, 1.807) is 12.1 Å². The molecular weight excluding hydrogens is 442 g/mol. The Labute approximate surface area is 205 Å². The molecular formula is C28H33N3O4. The van der Waals surface area contributed by atoms with Crippen LogP contribution in [0.3, 0.4) is 0 Å². The van der Waals surface area contributed by atoms with E-state index >= 15 is 0 Å². The highest BCUT2D eigenvalue weighted by Gasteiger charge is 2.19. The van der Waals surface area contributed by atoms with Crippen molar-refractivity contribution in [3.8, 4) is 0 Å². The van der Waals surface area contributed by atoms with Gasteiger partial charge in [0.2, 0.25) is 0 Å². The van der Waals surface area contributed by atoms with Crippen molar-refractivity contribution in [1.82, 2.24) is 14.9 Å². The molecule has 0 bridgehead atoms. The molecule has 7 nitrogen and oxygen atoms in total. The fraction of sp³-hybridized carbons (Fsp3) is 0.357. The van der Waals surface area contributed by atoms with Gasteiger partial charge in [-0.15, -0.1) is 0 Å². The first-order valence-corrected chi connectivity index (χ1v) is 12.1. The topological polar surface area (TPSA) is 87.4 Å². The molecule has 2 N–H and O–H groups in total. The molecule has 184 valence electrons. The Hall–Kier alpha value is -3.58. The first kappa shape index (κ1) is 24.5. The van der Waals surface area contributed by atoms with Crippen molar-refractivity contribution in [2.24, 2.45) is 5.92 Å². The van der Waals surface area contributed by atoms with Gasteiger partial charge in [-0.3, -0.25) is 0 Å². The third-order valence-electron chi connectivity index (χ3n) is 6.20. The normalized spacial score (nSPS) is 11.6. The van der Waals surface area contributed by atoms with Crippen LogP contribution in [0.15, 0.2) is 48.8 Å². The van der Waals surface area contributed by atoms with E-state index in [1.165, 1.54) is 11.1 Å². The number of esters is 2. The standard InChI is InChI=1S/C28H33N3O4/c1-5-34-27(32)19-7-9-25-23(13-19)21(15-29-25)11-18(17-31(3)4)12-22-16-30-26-10-8-20(14-24(22)26)28(33)35-6-2/h7-10,13-16,18,29-30H,5-6,11-12,17H2,1-4H3. The number of hydrogen-bond donors (Lipinski definition) is 2. The lowest BCUT2D eigenvalue weighted by atomic mass is 9.91. The molecule has 2 aromatic carbocycles. The number of aromatic amines is 2. The van der Waals surface area contributed by atoms with Crippen LogP contribution in [-0.2, 0) is 22.3 Å². The number of aromatic nitrogens is 2. The summed E-state index contributed by atoms with van der Waals surface area (Å²) in [6.45, 7) is 5.22. The largest absolute Gasteiger partial charge is 0.462 e. The van der Waals surface area contributed by atoms with Crippen molar-refractivity contribution in [2.75, 3.05) is 33.9 Å². The molecule has 0 unspecified atom stereocenters. The number of fused-ring (bicyclic) bond motifs is 2. The van der Waals surface area contributed by atoms with Crippen LogP contribution >= 0.6 is 0 Å². The molecule has 0 aliphatic carbocycles. The van der Waals surface area contributed by atoms with Crippen LogP contribution in [0.4, 0.5) is 0 Å². The molecule has 0 saturated heterocycles. The van der Waals surface area contributed by atoms with Gasteiger partial charge in [0.05, 0.1) is 24.3 Å². The average molecular weight is 476 g/mol.